The van der Waals surface area contributed by atoms with Gasteiger partial charge >= 0.3 is 5.97 Å². The Morgan fingerprint density at radius 2 is 2.07 bits per heavy atom. The maximum absolute atomic E-state index is 11.4. The average Bonchev–Trinajstić information content (AvgIpc) is 2.17. The molecule has 1 N–H and O–H groups in total. The van der Waals surface area contributed by atoms with Gasteiger partial charge in [-0.2, -0.15) is 0 Å². The summed E-state index contributed by atoms with van der Waals surface area (Å²) in [6.45, 7) is 0. The molecule has 0 aliphatic rings. The van der Waals surface area contributed by atoms with Crippen LogP contribution in [0, 0.1) is 0 Å². The number of carboxylic acid groups (broad SMARTS) is 1. The molecule has 0 saturated heterocycles. The van der Waals surface area contributed by atoms with E-state index in [-0.39, 0.29) is 23.6 Å². The number of hydrogen-bond donors (Lipinski definition) is 1. The van der Waals surface area contributed by atoms with Crippen molar-refractivity contribution in [1.29, 1.82) is 0 Å². The first-order valence-electron chi connectivity index (χ1n) is 4.18. The van der Waals surface area contributed by atoms with Gasteiger partial charge in [-0.3, -0.25) is 4.79 Å². The molecule has 0 heterocycles. The van der Waals surface area contributed by atoms with Gasteiger partial charge in [0.2, 0.25) is 0 Å². The van der Waals surface area contributed by atoms with Gasteiger partial charge in [-0.15, -0.1) is 11.6 Å². The molecule has 3 nitrogen and oxygen atoms in total. The number of ketones is 1. The maximum atomic E-state index is 11.4. The minimum atomic E-state index is -1.03. The molecule has 0 atom stereocenters. The van der Waals surface area contributed by atoms with Crippen LogP contribution in [-0.2, 0) is 0 Å². The summed E-state index contributed by atoms with van der Waals surface area (Å²) in [6.07, 6.45) is 0.250. The molecule has 0 aromatic heterocycles. The van der Waals surface area contributed by atoms with Gasteiger partial charge in [-0.05, 0) is 28.1 Å². The van der Waals surface area contributed by atoms with Crippen LogP contribution in [0.4, 0.5) is 0 Å². The van der Waals surface area contributed by atoms with E-state index in [1.165, 1.54) is 18.2 Å². The van der Waals surface area contributed by atoms with Crippen molar-refractivity contribution in [1.82, 2.24) is 0 Å². The molecular weight excluding hydrogens is 283 g/mol. The zero-order valence-corrected chi connectivity index (χ0v) is 10.0. The third-order valence-corrected chi connectivity index (χ3v) is 2.69. The Bertz CT molecular complexity index is 404. The fourth-order valence-corrected chi connectivity index (χ4v) is 1.81. The molecule has 0 aliphatic heterocycles. The molecule has 0 amide bonds. The van der Waals surface area contributed by atoms with Gasteiger partial charge in [0, 0.05) is 22.3 Å². The Hall–Kier alpha value is -0.870. The number of rotatable bonds is 4. The van der Waals surface area contributed by atoms with Crippen LogP contribution in [-0.4, -0.2) is 22.7 Å². The lowest BCUT2D eigenvalue weighted by molar-refractivity contribution is 0.0695. The number of benzene rings is 1. The van der Waals surface area contributed by atoms with Crippen molar-refractivity contribution in [3.8, 4) is 0 Å². The second-order valence-corrected chi connectivity index (χ2v) is 4.09. The largest absolute Gasteiger partial charge is 0.478 e. The second kappa shape index (κ2) is 5.28. The van der Waals surface area contributed by atoms with Crippen LogP contribution in [0.25, 0.3) is 0 Å². The fourth-order valence-electron chi connectivity index (χ4n) is 1.09. The van der Waals surface area contributed by atoms with Crippen LogP contribution in [0.3, 0.4) is 0 Å². The monoisotopic (exact) mass is 290 g/mol. The molecule has 0 aliphatic carbocycles. The molecule has 5 heteroatoms. The van der Waals surface area contributed by atoms with Gasteiger partial charge < -0.3 is 5.11 Å². The van der Waals surface area contributed by atoms with E-state index in [4.69, 9.17) is 16.7 Å². The van der Waals surface area contributed by atoms with E-state index in [0.717, 1.165) is 0 Å². The minimum absolute atomic E-state index is 0.0948. The van der Waals surface area contributed by atoms with Gasteiger partial charge in [0.05, 0.1) is 5.56 Å². The van der Waals surface area contributed by atoms with Crippen molar-refractivity contribution >= 4 is 39.3 Å². The second-order valence-electron chi connectivity index (χ2n) is 2.86. The van der Waals surface area contributed by atoms with Gasteiger partial charge in [-0.1, -0.05) is 6.07 Å². The van der Waals surface area contributed by atoms with Crippen molar-refractivity contribution in [2.24, 2.45) is 0 Å². The number of carbonyl (C=O) groups excluding carboxylic acids is 1. The topological polar surface area (TPSA) is 54.4 Å². The Labute approximate surface area is 100 Å². The van der Waals surface area contributed by atoms with E-state index in [0.29, 0.717) is 10.0 Å². The fraction of sp³-hybridized carbons (Fsp3) is 0.200. The van der Waals surface area contributed by atoms with E-state index < -0.39 is 5.97 Å². The number of carboxylic acids is 1. The molecule has 1 aromatic rings. The standard InChI is InChI=1S/C10H8BrClO3/c11-8-5-6(9(13)3-4-12)1-2-7(8)10(14)15/h1-2,5H,3-4H2,(H,14,15). The van der Waals surface area contributed by atoms with Gasteiger partial charge in [0.25, 0.3) is 0 Å². The molecular formula is C10H8BrClO3. The van der Waals surface area contributed by atoms with Crippen LogP contribution in [0.15, 0.2) is 22.7 Å². The van der Waals surface area contributed by atoms with Crippen molar-refractivity contribution in [3.63, 3.8) is 0 Å². The highest BCUT2D eigenvalue weighted by Gasteiger charge is 2.11. The first-order valence-corrected chi connectivity index (χ1v) is 5.51. The summed E-state index contributed by atoms with van der Waals surface area (Å²) in [5.74, 6) is -0.863. The minimum Gasteiger partial charge on any atom is -0.478 e. The van der Waals surface area contributed by atoms with Crippen molar-refractivity contribution in [2.75, 3.05) is 5.88 Å². The lowest BCUT2D eigenvalue weighted by Crippen LogP contribution is -2.03. The van der Waals surface area contributed by atoms with Gasteiger partial charge in [-0.25, -0.2) is 4.79 Å². The first-order chi connectivity index (χ1) is 7.06. The molecule has 15 heavy (non-hydrogen) atoms. The Balaban J connectivity index is 3.01. The summed E-state index contributed by atoms with van der Waals surface area (Å²) in [4.78, 5) is 22.1. The van der Waals surface area contributed by atoms with Crippen LogP contribution in [0.5, 0.6) is 0 Å². The lowest BCUT2D eigenvalue weighted by atomic mass is 10.1. The van der Waals surface area contributed by atoms with E-state index in [9.17, 15) is 9.59 Å². The summed E-state index contributed by atoms with van der Waals surface area (Å²) in [7, 11) is 0. The number of aromatic carboxylic acids is 1. The normalized spacial score (nSPS) is 10.0. The SMILES string of the molecule is O=C(CCCl)c1ccc(C(=O)O)c(Br)c1. The smallest absolute Gasteiger partial charge is 0.336 e. The van der Waals surface area contributed by atoms with E-state index in [1.807, 2.05) is 0 Å². The Morgan fingerprint density at radius 3 is 2.53 bits per heavy atom. The average molecular weight is 292 g/mol. The van der Waals surface area contributed by atoms with Crippen molar-refractivity contribution < 1.29 is 14.7 Å². The van der Waals surface area contributed by atoms with Crippen LogP contribution in [0.1, 0.15) is 27.1 Å². The maximum Gasteiger partial charge on any atom is 0.336 e. The third-order valence-electron chi connectivity index (χ3n) is 1.84. The number of hydrogen-bond acceptors (Lipinski definition) is 2. The summed E-state index contributed by atoms with van der Waals surface area (Å²) < 4.78 is 0.399. The van der Waals surface area contributed by atoms with E-state index >= 15 is 0 Å². The van der Waals surface area contributed by atoms with E-state index in [2.05, 4.69) is 15.9 Å². The number of Topliss-reactive ketones (excluding diaryl/α,β-unsaturated/α-hetero) is 1. The molecule has 0 bridgehead atoms. The molecule has 1 rings (SSSR count). The Kier molecular flexibility index (Phi) is 4.29. The molecule has 0 fully saturated rings. The summed E-state index contributed by atoms with van der Waals surface area (Å²) in [5.41, 5.74) is 0.602. The predicted molar refractivity (Wildman–Crippen MR) is 60.8 cm³/mol. The van der Waals surface area contributed by atoms with Gasteiger partial charge in [0.15, 0.2) is 5.78 Å². The third kappa shape index (κ3) is 3.04. The highest BCUT2D eigenvalue weighted by Crippen LogP contribution is 2.19. The molecule has 0 radical (unpaired) electrons. The molecule has 0 unspecified atom stereocenters. The van der Waals surface area contributed by atoms with Crippen LogP contribution >= 0.6 is 27.5 Å². The number of halogens is 2. The number of carbonyl (C=O) groups is 2. The first kappa shape index (κ1) is 12.2. The zero-order valence-electron chi connectivity index (χ0n) is 7.67. The van der Waals surface area contributed by atoms with Crippen molar-refractivity contribution in [3.05, 3.63) is 33.8 Å². The van der Waals surface area contributed by atoms with E-state index in [1.54, 1.807) is 0 Å². The zero-order chi connectivity index (χ0) is 11.4. The predicted octanol–water partition coefficient (Wildman–Crippen LogP) is 2.96. The lowest BCUT2D eigenvalue weighted by Gasteiger charge is -2.02. The molecule has 80 valence electrons. The molecule has 1 aromatic carbocycles. The molecule has 0 spiro atoms. The van der Waals surface area contributed by atoms with Crippen LogP contribution < -0.4 is 0 Å². The van der Waals surface area contributed by atoms with Crippen LogP contribution in [0.2, 0.25) is 0 Å². The van der Waals surface area contributed by atoms with Gasteiger partial charge in [0.1, 0.15) is 0 Å². The van der Waals surface area contributed by atoms with Crippen molar-refractivity contribution in [2.45, 2.75) is 6.42 Å². The highest BCUT2D eigenvalue weighted by atomic mass is 79.9. The Morgan fingerprint density at radius 1 is 1.40 bits per heavy atom. The quantitative estimate of drug-likeness (QED) is 0.685. The molecule has 0 saturated carbocycles. The summed E-state index contributed by atoms with van der Waals surface area (Å²) in [6, 6.07) is 4.38. The highest BCUT2D eigenvalue weighted by molar-refractivity contribution is 9.10. The summed E-state index contributed by atoms with van der Waals surface area (Å²) >= 11 is 8.54. The summed E-state index contributed by atoms with van der Waals surface area (Å²) in [5, 5.41) is 8.76. The number of alkyl halides is 1.